The van der Waals surface area contributed by atoms with Gasteiger partial charge < -0.3 is 19.4 Å². The second-order valence-corrected chi connectivity index (χ2v) is 11.4. The van der Waals surface area contributed by atoms with Gasteiger partial charge in [0.15, 0.2) is 5.16 Å². The van der Waals surface area contributed by atoms with Gasteiger partial charge in [-0.25, -0.2) is 9.97 Å². The van der Waals surface area contributed by atoms with Crippen LogP contribution in [0.5, 0.6) is 0 Å². The van der Waals surface area contributed by atoms with Crippen molar-refractivity contribution in [2.24, 2.45) is 0 Å². The fourth-order valence-corrected chi connectivity index (χ4v) is 6.19. The van der Waals surface area contributed by atoms with E-state index in [-0.39, 0.29) is 5.91 Å². The van der Waals surface area contributed by atoms with Crippen LogP contribution in [0.4, 0.5) is 11.5 Å². The Balaban J connectivity index is 1.16. The number of rotatable bonds is 7. The molecule has 0 atom stereocenters. The highest BCUT2D eigenvalue weighted by atomic mass is 35.5. The van der Waals surface area contributed by atoms with Crippen molar-refractivity contribution in [3.05, 3.63) is 101 Å². The summed E-state index contributed by atoms with van der Waals surface area (Å²) in [5.74, 6) is 1.71. The smallest absolute Gasteiger partial charge is 0.254 e. The molecule has 3 heterocycles. The average Bonchev–Trinajstić information content (AvgIpc) is 3.05. The molecule has 2 aliphatic rings. The van der Waals surface area contributed by atoms with E-state index < -0.39 is 0 Å². The molecule has 0 unspecified atom stereocenters. The molecule has 1 amide bonds. The third-order valence-corrected chi connectivity index (χ3v) is 8.66. The van der Waals surface area contributed by atoms with Crippen LogP contribution in [0.2, 0.25) is 5.02 Å². The van der Waals surface area contributed by atoms with Gasteiger partial charge in [-0.15, -0.1) is 0 Å². The number of piperazine rings is 1. The second kappa shape index (κ2) is 12.9. The number of aromatic nitrogens is 2. The number of nitrogens with zero attached hydrogens (tertiary/aromatic N) is 5. The third-order valence-electron chi connectivity index (χ3n) is 7.43. The van der Waals surface area contributed by atoms with Crippen molar-refractivity contribution in [3.63, 3.8) is 0 Å². The van der Waals surface area contributed by atoms with Crippen molar-refractivity contribution in [1.29, 1.82) is 0 Å². The maximum Gasteiger partial charge on any atom is 0.254 e. The van der Waals surface area contributed by atoms with E-state index in [1.807, 2.05) is 65.6 Å². The van der Waals surface area contributed by atoms with Gasteiger partial charge in [-0.3, -0.25) is 4.79 Å². The number of ether oxygens (including phenoxy) is 1. The molecule has 210 valence electrons. The van der Waals surface area contributed by atoms with Crippen LogP contribution in [0.1, 0.15) is 15.9 Å². The second-order valence-electron chi connectivity index (χ2n) is 10.1. The van der Waals surface area contributed by atoms with E-state index in [1.54, 1.807) is 11.8 Å². The molecule has 0 radical (unpaired) electrons. The Bertz CT molecular complexity index is 1470. The summed E-state index contributed by atoms with van der Waals surface area (Å²) in [6.45, 7) is 5.91. The standard InChI is InChI=1S/C32H32ClN5O2S/c33-27-8-4-5-9-29(27)36-14-16-37(17-15-36)30-22-28(25-6-2-1-3-7-25)34-32(35-30)41-23-24-10-12-26(13-11-24)31(39)38-18-20-40-21-19-38/h1-13,22H,14-21,23H2. The molecule has 2 saturated heterocycles. The normalized spacial score (nSPS) is 15.7. The molecule has 9 heteroatoms. The number of benzene rings is 3. The Morgan fingerprint density at radius 3 is 2.22 bits per heavy atom. The fraction of sp³-hybridized carbons (Fsp3) is 0.281. The lowest BCUT2D eigenvalue weighted by Crippen LogP contribution is -2.47. The van der Waals surface area contributed by atoms with Gasteiger partial charge in [0.25, 0.3) is 5.91 Å². The van der Waals surface area contributed by atoms with Crippen LogP contribution in [0, 0.1) is 0 Å². The van der Waals surface area contributed by atoms with Gasteiger partial charge in [-0.2, -0.15) is 0 Å². The Labute approximate surface area is 250 Å². The van der Waals surface area contributed by atoms with Crippen molar-refractivity contribution in [3.8, 4) is 11.3 Å². The summed E-state index contributed by atoms with van der Waals surface area (Å²) in [4.78, 5) is 29.2. The lowest BCUT2D eigenvalue weighted by atomic mass is 10.1. The third kappa shape index (κ3) is 6.67. The summed E-state index contributed by atoms with van der Waals surface area (Å²) in [7, 11) is 0. The van der Waals surface area contributed by atoms with Gasteiger partial charge in [-0.05, 0) is 29.8 Å². The number of anilines is 2. The molecule has 41 heavy (non-hydrogen) atoms. The molecular formula is C32H32ClN5O2S. The fourth-order valence-electron chi connectivity index (χ4n) is 5.12. The molecule has 0 spiro atoms. The number of carbonyl (C=O) groups excluding carboxylic acids is 1. The number of carbonyl (C=O) groups is 1. The van der Waals surface area contributed by atoms with E-state index in [0.29, 0.717) is 37.6 Å². The van der Waals surface area contributed by atoms with E-state index in [1.165, 1.54) is 0 Å². The minimum Gasteiger partial charge on any atom is -0.378 e. The summed E-state index contributed by atoms with van der Waals surface area (Å²) < 4.78 is 5.37. The van der Waals surface area contributed by atoms with E-state index in [2.05, 4.69) is 34.1 Å². The summed E-state index contributed by atoms with van der Waals surface area (Å²) >= 11 is 8.08. The number of halogens is 1. The van der Waals surface area contributed by atoms with Gasteiger partial charge >= 0.3 is 0 Å². The van der Waals surface area contributed by atoms with E-state index in [9.17, 15) is 4.79 Å². The quantitative estimate of drug-likeness (QED) is 0.198. The molecule has 6 rings (SSSR count). The topological polar surface area (TPSA) is 61.8 Å². The molecule has 2 fully saturated rings. The van der Waals surface area contributed by atoms with E-state index in [0.717, 1.165) is 64.7 Å². The Hall–Kier alpha value is -3.59. The molecule has 0 bridgehead atoms. The monoisotopic (exact) mass is 585 g/mol. The molecule has 0 aliphatic carbocycles. The van der Waals surface area contributed by atoms with Gasteiger partial charge in [0.1, 0.15) is 5.82 Å². The molecule has 7 nitrogen and oxygen atoms in total. The van der Waals surface area contributed by atoms with Crippen LogP contribution in [-0.2, 0) is 10.5 Å². The maximum absolute atomic E-state index is 12.8. The first kappa shape index (κ1) is 27.6. The summed E-state index contributed by atoms with van der Waals surface area (Å²) in [6.07, 6.45) is 0. The van der Waals surface area contributed by atoms with Gasteiger partial charge in [0, 0.05) is 62.2 Å². The Morgan fingerprint density at radius 2 is 1.49 bits per heavy atom. The predicted molar refractivity (Wildman–Crippen MR) is 166 cm³/mol. The molecular weight excluding hydrogens is 554 g/mol. The average molecular weight is 586 g/mol. The highest BCUT2D eigenvalue weighted by Gasteiger charge is 2.22. The van der Waals surface area contributed by atoms with Crippen LogP contribution in [0.15, 0.2) is 90.1 Å². The maximum atomic E-state index is 12.8. The summed E-state index contributed by atoms with van der Waals surface area (Å²) in [5, 5.41) is 1.52. The molecule has 0 N–H and O–H groups in total. The van der Waals surface area contributed by atoms with E-state index in [4.69, 9.17) is 26.3 Å². The molecule has 4 aromatic rings. The number of hydrogen-bond acceptors (Lipinski definition) is 7. The Morgan fingerprint density at radius 1 is 0.805 bits per heavy atom. The summed E-state index contributed by atoms with van der Waals surface area (Å²) in [5.41, 5.74) is 4.89. The first-order chi connectivity index (χ1) is 20.1. The minimum atomic E-state index is 0.0608. The zero-order chi connectivity index (χ0) is 28.0. The number of para-hydroxylation sites is 1. The lowest BCUT2D eigenvalue weighted by molar-refractivity contribution is 0.0303. The van der Waals surface area contributed by atoms with Crippen LogP contribution in [-0.4, -0.2) is 73.3 Å². The number of hydrogen-bond donors (Lipinski definition) is 0. The van der Waals surface area contributed by atoms with Crippen molar-refractivity contribution >= 4 is 40.8 Å². The largest absolute Gasteiger partial charge is 0.378 e. The molecule has 1 aromatic heterocycles. The van der Waals surface area contributed by atoms with Gasteiger partial charge in [0.2, 0.25) is 0 Å². The van der Waals surface area contributed by atoms with Crippen LogP contribution < -0.4 is 9.80 Å². The number of amides is 1. The zero-order valence-electron chi connectivity index (χ0n) is 22.8. The zero-order valence-corrected chi connectivity index (χ0v) is 24.4. The highest BCUT2D eigenvalue weighted by molar-refractivity contribution is 7.98. The number of thioether (sulfide) groups is 1. The number of morpholine rings is 1. The van der Waals surface area contributed by atoms with Gasteiger partial charge in [0.05, 0.1) is 29.6 Å². The first-order valence-electron chi connectivity index (χ1n) is 13.9. The summed E-state index contributed by atoms with van der Waals surface area (Å²) in [6, 6.07) is 28.2. The van der Waals surface area contributed by atoms with E-state index >= 15 is 0 Å². The highest BCUT2D eigenvalue weighted by Crippen LogP contribution is 2.30. The SMILES string of the molecule is O=C(c1ccc(CSc2nc(-c3ccccc3)cc(N3CCN(c4ccccc4Cl)CC3)n2)cc1)N1CCOCC1. The van der Waals surface area contributed by atoms with Crippen molar-refractivity contribution in [1.82, 2.24) is 14.9 Å². The lowest BCUT2D eigenvalue weighted by Gasteiger charge is -2.37. The van der Waals surface area contributed by atoms with Crippen LogP contribution in [0.25, 0.3) is 11.3 Å². The first-order valence-corrected chi connectivity index (χ1v) is 15.3. The predicted octanol–water partition coefficient (Wildman–Crippen LogP) is 5.89. The molecule has 3 aromatic carbocycles. The van der Waals surface area contributed by atoms with Crippen molar-refractivity contribution in [2.75, 3.05) is 62.3 Å². The molecule has 0 saturated carbocycles. The van der Waals surface area contributed by atoms with Gasteiger partial charge in [-0.1, -0.05) is 78.0 Å². The van der Waals surface area contributed by atoms with Crippen LogP contribution in [0.3, 0.4) is 0 Å². The Kier molecular flexibility index (Phi) is 8.70. The van der Waals surface area contributed by atoms with Crippen molar-refractivity contribution < 1.29 is 9.53 Å². The molecule has 2 aliphatic heterocycles. The minimum absolute atomic E-state index is 0.0608. The van der Waals surface area contributed by atoms with Crippen molar-refractivity contribution in [2.45, 2.75) is 10.9 Å². The van der Waals surface area contributed by atoms with Crippen LogP contribution >= 0.6 is 23.4 Å².